The van der Waals surface area contributed by atoms with Gasteiger partial charge >= 0.3 is 0 Å². The average Bonchev–Trinajstić information content (AvgIpc) is 2.70. The minimum Gasteiger partial charge on any atom is -0.316 e. The maximum absolute atomic E-state index is 12.8. The first-order valence-corrected chi connectivity index (χ1v) is 5.75. The maximum Gasteiger partial charge on any atom is 0.264 e. The van der Waals surface area contributed by atoms with Crippen molar-refractivity contribution in [1.29, 1.82) is 0 Å². The fourth-order valence-corrected chi connectivity index (χ4v) is 2.32. The molecule has 3 heteroatoms. The molecule has 1 fully saturated rings. The highest BCUT2D eigenvalue weighted by Crippen LogP contribution is 2.27. The van der Waals surface area contributed by atoms with Crippen LogP contribution in [-0.4, -0.2) is 13.1 Å². The van der Waals surface area contributed by atoms with Crippen molar-refractivity contribution in [2.45, 2.75) is 26.2 Å². The van der Waals surface area contributed by atoms with Gasteiger partial charge in [0.1, 0.15) is 0 Å². The summed E-state index contributed by atoms with van der Waals surface area (Å²) in [4.78, 5) is 0. The van der Waals surface area contributed by atoms with E-state index in [9.17, 15) is 8.78 Å². The normalized spacial score (nSPS) is 20.6. The lowest BCUT2D eigenvalue weighted by Gasteiger charge is -2.13. The third-order valence-corrected chi connectivity index (χ3v) is 3.20. The van der Waals surface area contributed by atoms with Crippen LogP contribution in [0.4, 0.5) is 8.78 Å². The fraction of sp³-hybridized carbons (Fsp3) is 0.538. The molecule has 0 saturated carbocycles. The van der Waals surface area contributed by atoms with Gasteiger partial charge in [0.05, 0.1) is 0 Å². The molecule has 1 heterocycles. The van der Waals surface area contributed by atoms with Crippen molar-refractivity contribution in [3.63, 3.8) is 0 Å². The number of rotatable bonds is 3. The Bertz CT molecular complexity index is 357. The first-order valence-electron chi connectivity index (χ1n) is 5.75. The number of hydrogen-bond donors (Lipinski definition) is 1. The van der Waals surface area contributed by atoms with Gasteiger partial charge in [0.15, 0.2) is 0 Å². The van der Waals surface area contributed by atoms with Crippen molar-refractivity contribution in [1.82, 2.24) is 5.32 Å². The van der Waals surface area contributed by atoms with E-state index in [0.29, 0.717) is 5.92 Å². The summed E-state index contributed by atoms with van der Waals surface area (Å²) >= 11 is 0. The van der Waals surface area contributed by atoms with E-state index >= 15 is 0 Å². The van der Waals surface area contributed by atoms with Gasteiger partial charge in [0.25, 0.3) is 6.43 Å². The molecule has 1 unspecified atom stereocenters. The SMILES string of the molecule is Cc1ccc(C(F)F)c(CC2CCNC2)c1. The Hall–Kier alpha value is -0.960. The second-order valence-electron chi connectivity index (χ2n) is 4.57. The molecule has 1 aliphatic heterocycles. The van der Waals surface area contributed by atoms with Gasteiger partial charge in [-0.05, 0) is 44.3 Å². The van der Waals surface area contributed by atoms with Crippen LogP contribution in [0.15, 0.2) is 18.2 Å². The monoisotopic (exact) mass is 225 g/mol. The van der Waals surface area contributed by atoms with E-state index in [2.05, 4.69) is 5.32 Å². The van der Waals surface area contributed by atoms with E-state index in [1.165, 1.54) is 0 Å². The summed E-state index contributed by atoms with van der Waals surface area (Å²) in [6, 6.07) is 5.23. The predicted molar refractivity (Wildman–Crippen MR) is 60.8 cm³/mol. The average molecular weight is 225 g/mol. The van der Waals surface area contributed by atoms with Crippen molar-refractivity contribution >= 4 is 0 Å². The molecule has 0 amide bonds. The molecule has 0 bridgehead atoms. The Morgan fingerprint density at radius 2 is 2.25 bits per heavy atom. The summed E-state index contributed by atoms with van der Waals surface area (Å²) in [6.07, 6.45) is -0.490. The summed E-state index contributed by atoms with van der Waals surface area (Å²) in [7, 11) is 0. The van der Waals surface area contributed by atoms with E-state index in [0.717, 1.165) is 37.1 Å². The van der Waals surface area contributed by atoms with Crippen LogP contribution in [0, 0.1) is 12.8 Å². The second-order valence-corrected chi connectivity index (χ2v) is 4.57. The molecule has 88 valence electrons. The molecule has 1 aromatic rings. The van der Waals surface area contributed by atoms with Crippen LogP contribution in [-0.2, 0) is 6.42 Å². The Kier molecular flexibility index (Phi) is 3.54. The summed E-state index contributed by atoms with van der Waals surface area (Å²) in [5, 5.41) is 3.27. The highest BCUT2D eigenvalue weighted by atomic mass is 19.3. The zero-order chi connectivity index (χ0) is 11.5. The molecule has 16 heavy (non-hydrogen) atoms. The molecule has 1 nitrogen and oxygen atoms in total. The highest BCUT2D eigenvalue weighted by Gasteiger charge is 2.19. The smallest absolute Gasteiger partial charge is 0.264 e. The summed E-state index contributed by atoms with van der Waals surface area (Å²) in [5.41, 5.74) is 2.09. The highest BCUT2D eigenvalue weighted by molar-refractivity contribution is 5.32. The molecule has 0 radical (unpaired) electrons. The molecule has 0 spiro atoms. The Morgan fingerprint density at radius 1 is 1.44 bits per heavy atom. The van der Waals surface area contributed by atoms with Gasteiger partial charge in [-0.15, -0.1) is 0 Å². The molecule has 1 atom stereocenters. The van der Waals surface area contributed by atoms with Crippen molar-refractivity contribution in [3.05, 3.63) is 34.9 Å². The molecule has 0 aliphatic carbocycles. The van der Waals surface area contributed by atoms with Crippen molar-refractivity contribution in [3.8, 4) is 0 Å². The van der Waals surface area contributed by atoms with Gasteiger partial charge in [-0.1, -0.05) is 23.8 Å². The number of nitrogens with one attached hydrogen (secondary N) is 1. The largest absolute Gasteiger partial charge is 0.316 e. The van der Waals surface area contributed by atoms with Crippen LogP contribution in [0.2, 0.25) is 0 Å². The van der Waals surface area contributed by atoms with E-state index in [4.69, 9.17) is 0 Å². The third kappa shape index (κ3) is 2.59. The first-order chi connectivity index (χ1) is 7.66. The Balaban J connectivity index is 2.19. The molecule has 2 rings (SSSR count). The lowest BCUT2D eigenvalue weighted by molar-refractivity contribution is 0.150. The first kappa shape index (κ1) is 11.5. The molecule has 1 saturated heterocycles. The number of benzene rings is 1. The molecule has 1 aromatic carbocycles. The molecule has 1 aliphatic rings. The number of aryl methyl sites for hydroxylation is 1. The number of hydrogen-bond acceptors (Lipinski definition) is 1. The Morgan fingerprint density at radius 3 is 2.88 bits per heavy atom. The fourth-order valence-electron chi connectivity index (χ4n) is 2.32. The molecular weight excluding hydrogens is 208 g/mol. The summed E-state index contributed by atoms with van der Waals surface area (Å²) in [6.45, 7) is 3.92. The van der Waals surface area contributed by atoms with E-state index in [1.807, 2.05) is 13.0 Å². The van der Waals surface area contributed by atoms with Crippen molar-refractivity contribution in [2.24, 2.45) is 5.92 Å². The van der Waals surface area contributed by atoms with Crippen LogP contribution in [0.1, 0.15) is 29.5 Å². The molecule has 1 N–H and O–H groups in total. The van der Waals surface area contributed by atoms with E-state index in [1.54, 1.807) is 12.1 Å². The second kappa shape index (κ2) is 4.91. The van der Waals surface area contributed by atoms with Gasteiger partial charge in [-0.3, -0.25) is 0 Å². The van der Waals surface area contributed by atoms with Gasteiger partial charge < -0.3 is 5.32 Å². The minimum atomic E-state index is -2.36. The quantitative estimate of drug-likeness (QED) is 0.833. The van der Waals surface area contributed by atoms with Gasteiger partial charge in [0.2, 0.25) is 0 Å². The maximum atomic E-state index is 12.8. The zero-order valence-corrected chi connectivity index (χ0v) is 9.47. The lowest BCUT2D eigenvalue weighted by atomic mass is 9.94. The minimum absolute atomic E-state index is 0.206. The van der Waals surface area contributed by atoms with Crippen molar-refractivity contribution < 1.29 is 8.78 Å². The number of halogens is 2. The summed E-state index contributed by atoms with van der Waals surface area (Å²) < 4.78 is 25.6. The van der Waals surface area contributed by atoms with Gasteiger partial charge in [-0.2, -0.15) is 0 Å². The lowest BCUT2D eigenvalue weighted by Crippen LogP contribution is -2.11. The van der Waals surface area contributed by atoms with Crippen LogP contribution in [0.3, 0.4) is 0 Å². The number of alkyl halides is 2. The van der Waals surface area contributed by atoms with E-state index < -0.39 is 6.43 Å². The molecular formula is C13H17F2N. The van der Waals surface area contributed by atoms with Gasteiger partial charge in [-0.25, -0.2) is 8.78 Å². The van der Waals surface area contributed by atoms with Gasteiger partial charge in [0, 0.05) is 5.56 Å². The topological polar surface area (TPSA) is 12.0 Å². The zero-order valence-electron chi connectivity index (χ0n) is 9.47. The van der Waals surface area contributed by atoms with E-state index in [-0.39, 0.29) is 5.56 Å². The van der Waals surface area contributed by atoms with Crippen molar-refractivity contribution in [2.75, 3.05) is 13.1 Å². The third-order valence-electron chi connectivity index (χ3n) is 3.20. The van der Waals surface area contributed by atoms with Crippen LogP contribution in [0.25, 0.3) is 0 Å². The molecule has 0 aromatic heterocycles. The summed E-state index contributed by atoms with van der Waals surface area (Å²) in [5.74, 6) is 0.513. The predicted octanol–water partition coefficient (Wildman–Crippen LogP) is 3.08. The van der Waals surface area contributed by atoms with Crippen LogP contribution < -0.4 is 5.32 Å². The van der Waals surface area contributed by atoms with Crippen LogP contribution >= 0.6 is 0 Å². The van der Waals surface area contributed by atoms with Crippen LogP contribution in [0.5, 0.6) is 0 Å². The Labute approximate surface area is 94.9 Å². The standard InChI is InChI=1S/C13H17F2N/c1-9-2-3-12(13(14)15)11(6-9)7-10-4-5-16-8-10/h2-3,6,10,13,16H,4-5,7-8H2,1H3.